The molecule has 0 unspecified atom stereocenters. The average molecular weight is 291 g/mol. The lowest BCUT2D eigenvalue weighted by molar-refractivity contribution is -0.123. The molecular weight excluding hydrogens is 276 g/mol. The Kier molecular flexibility index (Phi) is 5.15. The minimum atomic E-state index is -2.67. The molecule has 106 valence electrons. The first-order chi connectivity index (χ1) is 9.15. The second kappa shape index (κ2) is 6.85. The van der Waals surface area contributed by atoms with Crippen molar-refractivity contribution in [3.05, 3.63) is 5.01 Å². The van der Waals surface area contributed by atoms with Gasteiger partial charge in [-0.3, -0.25) is 10.1 Å². The number of alkyl halides is 2. The molecule has 1 N–H and O–H groups in total. The van der Waals surface area contributed by atoms with Gasteiger partial charge in [0.15, 0.2) is 5.01 Å². The minimum Gasteiger partial charge on any atom is -0.368 e. The Balaban J connectivity index is 1.73. The highest BCUT2D eigenvalue weighted by Gasteiger charge is 2.17. The van der Waals surface area contributed by atoms with E-state index in [9.17, 15) is 13.6 Å². The fourth-order valence-electron chi connectivity index (χ4n) is 1.95. The summed E-state index contributed by atoms with van der Waals surface area (Å²) in [6, 6.07) is 0. The molecule has 1 amide bonds. The number of anilines is 1. The molecule has 0 bridgehead atoms. The lowest BCUT2D eigenvalue weighted by Crippen LogP contribution is -2.24. The molecule has 19 heavy (non-hydrogen) atoms. The quantitative estimate of drug-likeness (QED) is 0.906. The lowest BCUT2D eigenvalue weighted by atomic mass is 9.98. The van der Waals surface area contributed by atoms with Crippen LogP contribution in [0.25, 0.3) is 0 Å². The van der Waals surface area contributed by atoms with E-state index in [1.807, 2.05) is 0 Å². The molecule has 5 nitrogen and oxygen atoms in total. The van der Waals surface area contributed by atoms with Crippen molar-refractivity contribution in [3.63, 3.8) is 0 Å². The summed E-state index contributed by atoms with van der Waals surface area (Å²) in [5.74, 6) is -0.387. The van der Waals surface area contributed by atoms with Crippen LogP contribution >= 0.6 is 11.3 Å². The number of nitrogens with one attached hydrogen (secondary N) is 1. The number of hydrogen-bond donors (Lipinski definition) is 1. The molecule has 2 rings (SSSR count). The van der Waals surface area contributed by atoms with Gasteiger partial charge in [0.2, 0.25) is 5.13 Å². The molecule has 1 heterocycles. The highest BCUT2D eigenvalue weighted by Crippen LogP contribution is 2.25. The zero-order chi connectivity index (χ0) is 13.7. The molecule has 1 aromatic heterocycles. The van der Waals surface area contributed by atoms with E-state index in [0.29, 0.717) is 11.3 Å². The minimum absolute atomic E-state index is 0.0751. The van der Waals surface area contributed by atoms with Gasteiger partial charge in [-0.05, 0) is 12.8 Å². The van der Waals surface area contributed by atoms with E-state index < -0.39 is 11.4 Å². The second-order valence-electron chi connectivity index (χ2n) is 4.37. The van der Waals surface area contributed by atoms with Gasteiger partial charge in [0.1, 0.15) is 6.61 Å². The van der Waals surface area contributed by atoms with E-state index in [4.69, 9.17) is 4.74 Å². The van der Waals surface area contributed by atoms with Gasteiger partial charge in [0.25, 0.3) is 12.3 Å². The van der Waals surface area contributed by atoms with Crippen molar-refractivity contribution in [2.24, 2.45) is 0 Å². The summed E-state index contributed by atoms with van der Waals surface area (Å²) in [6.45, 7) is -0.0751. The van der Waals surface area contributed by atoms with Crippen molar-refractivity contribution in [2.75, 3.05) is 11.9 Å². The standard InChI is InChI=1S/C11H15F2N3O2S/c12-9(13)10-15-16-11(19-10)14-8(17)6-18-7-4-2-1-3-5-7/h7,9H,1-6H2,(H,14,16,17). The maximum Gasteiger partial charge on any atom is 0.291 e. The van der Waals surface area contributed by atoms with Gasteiger partial charge in [-0.1, -0.05) is 30.6 Å². The zero-order valence-electron chi connectivity index (χ0n) is 10.3. The zero-order valence-corrected chi connectivity index (χ0v) is 11.1. The average Bonchev–Trinajstić information content (AvgIpc) is 2.86. The molecule has 0 radical (unpaired) electrons. The number of rotatable bonds is 5. The van der Waals surface area contributed by atoms with E-state index in [0.717, 1.165) is 25.7 Å². The molecule has 1 aliphatic rings. The van der Waals surface area contributed by atoms with Crippen LogP contribution in [-0.4, -0.2) is 28.8 Å². The van der Waals surface area contributed by atoms with Gasteiger partial charge in [0.05, 0.1) is 6.10 Å². The SMILES string of the molecule is O=C(COC1CCCCC1)Nc1nnc(C(F)F)s1. The number of aromatic nitrogens is 2. The molecule has 1 aliphatic carbocycles. The number of ether oxygens (including phenoxy) is 1. The van der Waals surface area contributed by atoms with Crippen molar-refractivity contribution >= 4 is 22.4 Å². The van der Waals surface area contributed by atoms with Crippen LogP contribution in [0.4, 0.5) is 13.9 Å². The Morgan fingerprint density at radius 1 is 1.37 bits per heavy atom. The van der Waals surface area contributed by atoms with E-state index in [1.165, 1.54) is 6.42 Å². The number of amides is 1. The topological polar surface area (TPSA) is 64.1 Å². The first-order valence-corrected chi connectivity index (χ1v) is 7.00. The molecule has 1 saturated carbocycles. The van der Waals surface area contributed by atoms with Gasteiger partial charge in [-0.2, -0.15) is 0 Å². The van der Waals surface area contributed by atoms with Gasteiger partial charge < -0.3 is 4.74 Å². The predicted octanol–water partition coefficient (Wildman–Crippen LogP) is 2.76. The van der Waals surface area contributed by atoms with Crippen LogP contribution in [0, 0.1) is 0 Å². The van der Waals surface area contributed by atoms with Crippen LogP contribution in [0.1, 0.15) is 43.5 Å². The molecule has 0 atom stereocenters. The van der Waals surface area contributed by atoms with Gasteiger partial charge >= 0.3 is 0 Å². The Morgan fingerprint density at radius 2 is 2.11 bits per heavy atom. The van der Waals surface area contributed by atoms with E-state index in [2.05, 4.69) is 15.5 Å². The number of nitrogens with zero attached hydrogens (tertiary/aromatic N) is 2. The number of carbonyl (C=O) groups excluding carboxylic acids is 1. The monoisotopic (exact) mass is 291 g/mol. The van der Waals surface area contributed by atoms with Gasteiger partial charge in [0, 0.05) is 0 Å². The Morgan fingerprint density at radius 3 is 2.74 bits per heavy atom. The third-order valence-electron chi connectivity index (χ3n) is 2.88. The molecular formula is C11H15F2N3O2S. The predicted molar refractivity (Wildman–Crippen MR) is 66.3 cm³/mol. The summed E-state index contributed by atoms with van der Waals surface area (Å²) in [6.07, 6.45) is 2.88. The fourth-order valence-corrected chi connectivity index (χ4v) is 2.57. The molecule has 0 spiro atoms. The molecule has 0 aromatic carbocycles. The summed E-state index contributed by atoms with van der Waals surface area (Å²) in [7, 11) is 0. The summed E-state index contributed by atoms with van der Waals surface area (Å²) in [5.41, 5.74) is 0. The van der Waals surface area contributed by atoms with E-state index in [1.54, 1.807) is 0 Å². The fraction of sp³-hybridized carbons (Fsp3) is 0.727. The van der Waals surface area contributed by atoms with Crippen molar-refractivity contribution in [2.45, 2.75) is 44.6 Å². The Hall–Kier alpha value is -1.15. The van der Waals surface area contributed by atoms with Crippen molar-refractivity contribution in [1.82, 2.24) is 10.2 Å². The Labute approximate surface area is 113 Å². The van der Waals surface area contributed by atoms with Gasteiger partial charge in [-0.25, -0.2) is 8.78 Å². The van der Waals surface area contributed by atoms with E-state index in [-0.39, 0.29) is 23.7 Å². The Bertz CT molecular complexity index is 422. The lowest BCUT2D eigenvalue weighted by Gasteiger charge is -2.21. The van der Waals surface area contributed by atoms with Crippen molar-refractivity contribution < 1.29 is 18.3 Å². The smallest absolute Gasteiger partial charge is 0.291 e. The molecule has 0 aliphatic heterocycles. The third kappa shape index (κ3) is 4.46. The van der Waals surface area contributed by atoms with Crippen LogP contribution in [0.5, 0.6) is 0 Å². The third-order valence-corrected chi connectivity index (χ3v) is 3.72. The normalized spacial score (nSPS) is 16.8. The van der Waals surface area contributed by atoms with Crippen LogP contribution < -0.4 is 5.32 Å². The number of carbonyl (C=O) groups is 1. The highest BCUT2D eigenvalue weighted by molar-refractivity contribution is 7.15. The van der Waals surface area contributed by atoms with Crippen molar-refractivity contribution in [3.8, 4) is 0 Å². The number of hydrogen-bond acceptors (Lipinski definition) is 5. The molecule has 8 heteroatoms. The first kappa shape index (κ1) is 14.3. The van der Waals surface area contributed by atoms with E-state index >= 15 is 0 Å². The first-order valence-electron chi connectivity index (χ1n) is 6.18. The molecule has 1 aromatic rings. The summed E-state index contributed by atoms with van der Waals surface area (Å²) < 4.78 is 30.0. The highest BCUT2D eigenvalue weighted by atomic mass is 32.1. The van der Waals surface area contributed by atoms with Crippen LogP contribution in [-0.2, 0) is 9.53 Å². The summed E-state index contributed by atoms with van der Waals surface area (Å²) >= 11 is 0.671. The maximum absolute atomic E-state index is 12.3. The number of halogens is 2. The summed E-state index contributed by atoms with van der Waals surface area (Å²) in [5, 5.41) is 8.84. The summed E-state index contributed by atoms with van der Waals surface area (Å²) in [4.78, 5) is 11.5. The van der Waals surface area contributed by atoms with Crippen LogP contribution in [0.15, 0.2) is 0 Å². The largest absolute Gasteiger partial charge is 0.368 e. The molecule has 0 saturated heterocycles. The maximum atomic E-state index is 12.3. The molecule has 1 fully saturated rings. The van der Waals surface area contributed by atoms with Crippen molar-refractivity contribution in [1.29, 1.82) is 0 Å². The van der Waals surface area contributed by atoms with Crippen LogP contribution in [0.3, 0.4) is 0 Å². The second-order valence-corrected chi connectivity index (χ2v) is 5.37. The van der Waals surface area contributed by atoms with Gasteiger partial charge in [-0.15, -0.1) is 10.2 Å². The van der Waals surface area contributed by atoms with Crippen LogP contribution in [0.2, 0.25) is 0 Å².